The van der Waals surface area contributed by atoms with E-state index in [1.54, 1.807) is 0 Å². The van der Waals surface area contributed by atoms with Gasteiger partial charge in [0.2, 0.25) is 0 Å². The van der Waals surface area contributed by atoms with E-state index in [4.69, 9.17) is 0 Å². The third-order valence-electron chi connectivity index (χ3n) is 8.09. The zero-order valence-electron chi connectivity index (χ0n) is 18.3. The Morgan fingerprint density at radius 1 is 0.889 bits per heavy atom. The second-order valence-corrected chi connectivity index (χ2v) is 12.0. The highest BCUT2D eigenvalue weighted by Crippen LogP contribution is 2.53. The molecule has 0 heterocycles. The predicted octanol–water partition coefficient (Wildman–Crippen LogP) is 6.75. The molecule has 2 aliphatic carbocycles. The quantitative estimate of drug-likeness (QED) is 0.234. The lowest BCUT2D eigenvalue weighted by Gasteiger charge is -2.32. The molecule has 27 heavy (non-hydrogen) atoms. The van der Waals surface area contributed by atoms with E-state index in [9.17, 15) is 10.2 Å². The van der Waals surface area contributed by atoms with Crippen molar-refractivity contribution in [3.8, 4) is 0 Å². The van der Waals surface area contributed by atoms with Crippen molar-refractivity contribution in [2.75, 3.05) is 0 Å². The summed E-state index contributed by atoms with van der Waals surface area (Å²) in [7, 11) is 0. The zero-order chi connectivity index (χ0) is 20.0. The van der Waals surface area contributed by atoms with Crippen LogP contribution < -0.4 is 0 Å². The fraction of sp³-hybridized carbons (Fsp3) is 1.00. The number of aliphatic hydroxyl groups is 2. The third-order valence-corrected chi connectivity index (χ3v) is 9.34. The molecular formula is C24H45IO2. The van der Waals surface area contributed by atoms with E-state index in [1.165, 1.54) is 57.8 Å². The van der Waals surface area contributed by atoms with E-state index in [2.05, 4.69) is 50.3 Å². The topological polar surface area (TPSA) is 40.5 Å². The van der Waals surface area contributed by atoms with E-state index < -0.39 is 0 Å². The summed E-state index contributed by atoms with van der Waals surface area (Å²) in [6.07, 6.45) is 14.6. The van der Waals surface area contributed by atoms with Crippen LogP contribution in [0, 0.1) is 29.1 Å². The zero-order valence-corrected chi connectivity index (χ0v) is 20.5. The number of alkyl halides is 1. The summed E-state index contributed by atoms with van der Waals surface area (Å²) in [4.78, 5) is 0. The molecular weight excluding hydrogens is 447 g/mol. The van der Waals surface area contributed by atoms with Crippen molar-refractivity contribution in [2.45, 2.75) is 121 Å². The highest BCUT2D eigenvalue weighted by molar-refractivity contribution is 14.1. The monoisotopic (exact) mass is 492 g/mol. The molecule has 2 rings (SSSR count). The maximum atomic E-state index is 10.7. The lowest BCUT2D eigenvalue weighted by molar-refractivity contribution is 0.0319. The maximum Gasteiger partial charge on any atom is 0.0593 e. The minimum absolute atomic E-state index is 0.128. The molecule has 0 aliphatic heterocycles. The molecule has 0 aromatic carbocycles. The van der Waals surface area contributed by atoms with Crippen LogP contribution in [-0.4, -0.2) is 26.3 Å². The SMILES string of the molecule is CCC1(CCC(C)C(O)C(C)CCC[C@@H](C)C(O)C2CCC(I)CC2)CC1. The van der Waals surface area contributed by atoms with Gasteiger partial charge in [-0.2, -0.15) is 0 Å². The van der Waals surface area contributed by atoms with Crippen LogP contribution in [0.5, 0.6) is 0 Å². The van der Waals surface area contributed by atoms with E-state index >= 15 is 0 Å². The number of rotatable bonds is 12. The minimum atomic E-state index is -0.170. The van der Waals surface area contributed by atoms with Gasteiger partial charge in [-0.25, -0.2) is 0 Å². The van der Waals surface area contributed by atoms with Crippen molar-refractivity contribution in [3.63, 3.8) is 0 Å². The molecule has 2 aliphatic rings. The van der Waals surface area contributed by atoms with Crippen molar-refractivity contribution in [2.24, 2.45) is 29.1 Å². The molecule has 2 nitrogen and oxygen atoms in total. The molecule has 0 bridgehead atoms. The van der Waals surface area contributed by atoms with E-state index in [0.717, 1.165) is 23.2 Å². The maximum absolute atomic E-state index is 10.7. The predicted molar refractivity (Wildman–Crippen MR) is 124 cm³/mol. The minimum Gasteiger partial charge on any atom is -0.393 e. The highest BCUT2D eigenvalue weighted by atomic mass is 127. The molecule has 2 saturated carbocycles. The highest BCUT2D eigenvalue weighted by Gasteiger charge is 2.40. The van der Waals surface area contributed by atoms with Gasteiger partial charge in [0.05, 0.1) is 12.2 Å². The van der Waals surface area contributed by atoms with Gasteiger partial charge in [0.25, 0.3) is 0 Å². The molecule has 0 radical (unpaired) electrons. The molecule has 2 fully saturated rings. The van der Waals surface area contributed by atoms with Crippen LogP contribution >= 0.6 is 22.6 Å². The van der Waals surface area contributed by atoms with Gasteiger partial charge in [-0.1, -0.05) is 63.1 Å². The molecule has 0 aromatic heterocycles. The molecule has 0 aromatic rings. The first kappa shape index (κ1) is 23.9. The first-order chi connectivity index (χ1) is 12.8. The van der Waals surface area contributed by atoms with Crippen LogP contribution in [0.4, 0.5) is 0 Å². The number of aliphatic hydroxyl groups excluding tert-OH is 2. The van der Waals surface area contributed by atoms with Gasteiger partial charge in [0.1, 0.15) is 0 Å². The summed E-state index contributed by atoms with van der Waals surface area (Å²) in [5.41, 5.74) is 0.638. The van der Waals surface area contributed by atoms with Crippen molar-refractivity contribution in [1.29, 1.82) is 0 Å². The Morgan fingerprint density at radius 2 is 1.44 bits per heavy atom. The molecule has 0 amide bonds. The number of halogens is 1. The van der Waals surface area contributed by atoms with Gasteiger partial charge in [0.15, 0.2) is 0 Å². The van der Waals surface area contributed by atoms with Crippen LogP contribution in [0.1, 0.15) is 105 Å². The molecule has 160 valence electrons. The Kier molecular flexibility index (Phi) is 9.88. The van der Waals surface area contributed by atoms with Crippen molar-refractivity contribution in [1.82, 2.24) is 0 Å². The average molecular weight is 493 g/mol. The Labute approximate surface area is 182 Å². The summed E-state index contributed by atoms with van der Waals surface area (Å²) in [6, 6.07) is 0. The molecule has 5 atom stereocenters. The van der Waals surface area contributed by atoms with Crippen LogP contribution in [0.25, 0.3) is 0 Å². The van der Waals surface area contributed by atoms with E-state index in [-0.39, 0.29) is 12.2 Å². The summed E-state index contributed by atoms with van der Waals surface area (Å²) in [6.45, 7) is 9.00. The van der Waals surface area contributed by atoms with Crippen molar-refractivity contribution >= 4 is 22.6 Å². The normalized spacial score (nSPS) is 30.3. The van der Waals surface area contributed by atoms with Gasteiger partial charge >= 0.3 is 0 Å². The van der Waals surface area contributed by atoms with Gasteiger partial charge in [-0.15, -0.1) is 0 Å². The summed E-state index contributed by atoms with van der Waals surface area (Å²) in [5.74, 6) is 1.69. The van der Waals surface area contributed by atoms with E-state index in [0.29, 0.717) is 29.1 Å². The van der Waals surface area contributed by atoms with Gasteiger partial charge < -0.3 is 10.2 Å². The van der Waals surface area contributed by atoms with Crippen molar-refractivity contribution in [3.05, 3.63) is 0 Å². The summed E-state index contributed by atoms with van der Waals surface area (Å²) >= 11 is 2.56. The van der Waals surface area contributed by atoms with Crippen LogP contribution in [0.15, 0.2) is 0 Å². The molecule has 0 spiro atoms. The van der Waals surface area contributed by atoms with Crippen LogP contribution in [-0.2, 0) is 0 Å². The third kappa shape index (κ3) is 7.44. The van der Waals surface area contributed by atoms with Crippen molar-refractivity contribution < 1.29 is 10.2 Å². The lowest BCUT2D eigenvalue weighted by atomic mass is 9.79. The van der Waals surface area contributed by atoms with E-state index in [1.807, 2.05) is 0 Å². The standard InChI is InChI=1S/C24H45IO2/c1-5-24(15-16-24)14-13-19(4)22(26)17(2)7-6-8-18(3)23(27)20-9-11-21(25)12-10-20/h17-23,26-27H,5-16H2,1-4H3/t17?,18-,19?,20?,21?,22?,23?/m1/s1. The molecule has 3 heteroatoms. The van der Waals surface area contributed by atoms with Gasteiger partial charge in [0, 0.05) is 3.92 Å². The summed E-state index contributed by atoms with van der Waals surface area (Å²) in [5, 5.41) is 21.4. The second-order valence-electron chi connectivity index (χ2n) is 10.2. The summed E-state index contributed by atoms with van der Waals surface area (Å²) < 4.78 is 0.817. The molecule has 0 saturated heterocycles. The molecule has 2 N–H and O–H groups in total. The smallest absolute Gasteiger partial charge is 0.0593 e. The largest absolute Gasteiger partial charge is 0.393 e. The first-order valence-corrected chi connectivity index (χ1v) is 13.0. The Hall–Kier alpha value is 0.650. The Balaban J connectivity index is 1.62. The molecule has 4 unspecified atom stereocenters. The first-order valence-electron chi connectivity index (χ1n) is 11.8. The van der Waals surface area contributed by atoms with Crippen LogP contribution in [0.3, 0.4) is 0 Å². The average Bonchev–Trinajstić information content (AvgIpc) is 3.45. The number of hydrogen-bond acceptors (Lipinski definition) is 2. The van der Waals surface area contributed by atoms with Gasteiger partial charge in [-0.3, -0.25) is 0 Å². The van der Waals surface area contributed by atoms with Crippen LogP contribution in [0.2, 0.25) is 0 Å². The fourth-order valence-corrected chi connectivity index (χ4v) is 5.93. The lowest BCUT2D eigenvalue weighted by Crippen LogP contribution is -2.31. The van der Waals surface area contributed by atoms with Gasteiger partial charge in [-0.05, 0) is 93.3 Å². The Bertz CT molecular complexity index is 415. The second kappa shape index (κ2) is 11.2. The fourth-order valence-electron chi connectivity index (χ4n) is 5.21. The Morgan fingerprint density at radius 3 is 2.00 bits per heavy atom. The number of hydrogen-bond donors (Lipinski definition) is 2.